The van der Waals surface area contributed by atoms with Crippen LogP contribution in [0.2, 0.25) is 10.0 Å². The third-order valence-corrected chi connectivity index (χ3v) is 7.00. The fourth-order valence-corrected chi connectivity index (χ4v) is 5.02. The number of rotatable bonds is 7. The highest BCUT2D eigenvalue weighted by molar-refractivity contribution is 6.42. The molecule has 1 N–H and O–H groups in total. The normalized spacial score (nSPS) is 20.2. The van der Waals surface area contributed by atoms with Crippen LogP contribution in [0.5, 0.6) is 0 Å². The van der Waals surface area contributed by atoms with Crippen LogP contribution in [0.4, 0.5) is 0 Å². The fraction of sp³-hybridized carbons (Fsp3) is 0.333. The molecular weight excluding hydrogens is 473 g/mol. The van der Waals surface area contributed by atoms with Gasteiger partial charge in [-0.15, -0.1) is 0 Å². The maximum atomic E-state index is 13.6. The zero-order valence-corrected chi connectivity index (χ0v) is 20.7. The summed E-state index contributed by atoms with van der Waals surface area (Å²) < 4.78 is 10.8. The minimum atomic E-state index is -0.588. The van der Waals surface area contributed by atoms with Gasteiger partial charge in [-0.25, -0.2) is 4.79 Å². The van der Waals surface area contributed by atoms with E-state index in [2.05, 4.69) is 5.32 Å². The molecule has 178 valence electrons. The van der Waals surface area contributed by atoms with Crippen molar-refractivity contribution in [1.82, 2.24) is 5.32 Å². The van der Waals surface area contributed by atoms with Crippen molar-refractivity contribution >= 4 is 35.0 Å². The zero-order chi connectivity index (χ0) is 24.2. The maximum absolute atomic E-state index is 13.6. The highest BCUT2D eigenvalue weighted by Crippen LogP contribution is 2.46. The van der Waals surface area contributed by atoms with E-state index in [-0.39, 0.29) is 18.3 Å². The van der Waals surface area contributed by atoms with Crippen LogP contribution in [0.25, 0.3) is 0 Å². The van der Waals surface area contributed by atoms with E-state index in [4.69, 9.17) is 32.7 Å². The largest absolute Gasteiger partial charge is 0.460 e. The molecule has 0 bridgehead atoms. The number of carbonyl (C=O) groups excluding carboxylic acids is 2. The van der Waals surface area contributed by atoms with Crippen molar-refractivity contribution in [3.05, 3.63) is 92.2 Å². The van der Waals surface area contributed by atoms with Gasteiger partial charge >= 0.3 is 5.97 Å². The first-order valence-electron chi connectivity index (χ1n) is 11.4. The number of Topliss-reactive ketones (excluding diaryl/α,β-unsaturated/α-hetero) is 1. The van der Waals surface area contributed by atoms with Crippen molar-refractivity contribution in [3.8, 4) is 0 Å². The average molecular weight is 500 g/mol. The van der Waals surface area contributed by atoms with Crippen molar-refractivity contribution in [2.24, 2.45) is 0 Å². The van der Waals surface area contributed by atoms with Crippen LogP contribution in [0.15, 0.2) is 71.1 Å². The molecule has 0 fully saturated rings. The highest BCUT2D eigenvalue weighted by Gasteiger charge is 2.41. The lowest BCUT2D eigenvalue weighted by Crippen LogP contribution is -2.36. The van der Waals surface area contributed by atoms with E-state index in [0.29, 0.717) is 52.9 Å². The van der Waals surface area contributed by atoms with Gasteiger partial charge in [-0.2, -0.15) is 0 Å². The minimum Gasteiger partial charge on any atom is -0.460 e. The summed E-state index contributed by atoms with van der Waals surface area (Å²) in [4.78, 5) is 26.8. The average Bonchev–Trinajstić information content (AvgIpc) is 2.83. The number of nitrogens with one attached hydrogen (secondary N) is 1. The number of ketones is 1. The first kappa shape index (κ1) is 24.5. The van der Waals surface area contributed by atoms with E-state index < -0.39 is 11.9 Å². The lowest BCUT2D eigenvalue weighted by Gasteiger charge is -2.36. The Kier molecular flexibility index (Phi) is 7.77. The molecule has 7 heteroatoms. The number of halogens is 2. The summed E-state index contributed by atoms with van der Waals surface area (Å²) in [5, 5.41) is 4.13. The molecule has 0 aromatic heterocycles. The van der Waals surface area contributed by atoms with Gasteiger partial charge in [0.2, 0.25) is 0 Å². The van der Waals surface area contributed by atoms with Crippen molar-refractivity contribution in [3.63, 3.8) is 0 Å². The Morgan fingerprint density at radius 1 is 1.03 bits per heavy atom. The van der Waals surface area contributed by atoms with E-state index in [1.165, 1.54) is 0 Å². The van der Waals surface area contributed by atoms with Gasteiger partial charge in [0.25, 0.3) is 0 Å². The molecule has 34 heavy (non-hydrogen) atoms. The molecule has 0 unspecified atom stereocenters. The number of carbonyl (C=O) groups is 2. The molecule has 5 nitrogen and oxygen atoms in total. The van der Waals surface area contributed by atoms with Crippen LogP contribution in [-0.2, 0) is 19.1 Å². The van der Waals surface area contributed by atoms with Crippen molar-refractivity contribution in [2.75, 3.05) is 19.8 Å². The van der Waals surface area contributed by atoms with Crippen molar-refractivity contribution < 1.29 is 19.1 Å². The lowest BCUT2D eigenvalue weighted by atomic mass is 9.72. The summed E-state index contributed by atoms with van der Waals surface area (Å²) in [6.45, 7) is 4.70. The van der Waals surface area contributed by atoms with Gasteiger partial charge < -0.3 is 14.8 Å². The van der Waals surface area contributed by atoms with Gasteiger partial charge in [0.15, 0.2) is 5.78 Å². The van der Waals surface area contributed by atoms with Crippen molar-refractivity contribution in [1.29, 1.82) is 0 Å². The van der Waals surface area contributed by atoms with E-state index in [1.807, 2.05) is 50.2 Å². The Labute approximate surface area is 209 Å². The van der Waals surface area contributed by atoms with Crippen LogP contribution in [0, 0.1) is 0 Å². The fourth-order valence-electron chi connectivity index (χ4n) is 4.71. The molecule has 0 amide bonds. The minimum absolute atomic E-state index is 0.00536. The SMILES string of the molecule is CCOCCOC(=O)C1=C(C)NC2=C(C(=O)C[C@@H](c3ccccc3)C2)[C@@H]1c1ccc(Cl)c(Cl)c1. The van der Waals surface area contributed by atoms with Crippen LogP contribution < -0.4 is 5.32 Å². The van der Waals surface area contributed by atoms with Gasteiger partial charge in [0, 0.05) is 35.9 Å². The molecule has 1 heterocycles. The Hall–Kier alpha value is -2.60. The van der Waals surface area contributed by atoms with Crippen LogP contribution >= 0.6 is 23.2 Å². The monoisotopic (exact) mass is 499 g/mol. The molecule has 2 aliphatic rings. The van der Waals surface area contributed by atoms with E-state index in [1.54, 1.807) is 12.1 Å². The molecule has 1 aliphatic heterocycles. The predicted octanol–water partition coefficient (Wildman–Crippen LogP) is 5.93. The Bertz CT molecular complexity index is 1160. The summed E-state index contributed by atoms with van der Waals surface area (Å²) in [7, 11) is 0. The topological polar surface area (TPSA) is 64.6 Å². The van der Waals surface area contributed by atoms with Gasteiger partial charge in [-0.1, -0.05) is 59.6 Å². The predicted molar refractivity (Wildman–Crippen MR) is 133 cm³/mol. The molecule has 2 atom stereocenters. The summed E-state index contributed by atoms with van der Waals surface area (Å²) in [6.07, 6.45) is 1.04. The second-order valence-electron chi connectivity index (χ2n) is 8.43. The number of hydrogen-bond donors (Lipinski definition) is 1. The molecule has 0 radical (unpaired) electrons. The first-order chi connectivity index (χ1) is 16.4. The number of hydrogen-bond acceptors (Lipinski definition) is 5. The maximum Gasteiger partial charge on any atom is 0.336 e. The second kappa shape index (κ2) is 10.8. The molecule has 4 rings (SSSR count). The van der Waals surface area contributed by atoms with Gasteiger partial charge in [0.1, 0.15) is 6.61 Å². The molecule has 1 aliphatic carbocycles. The van der Waals surface area contributed by atoms with Gasteiger partial charge in [-0.3, -0.25) is 4.79 Å². The van der Waals surface area contributed by atoms with Gasteiger partial charge in [-0.05, 0) is 49.4 Å². The van der Waals surface area contributed by atoms with Crippen LogP contribution in [0.3, 0.4) is 0 Å². The summed E-state index contributed by atoms with van der Waals surface area (Å²) in [6, 6.07) is 15.3. The Morgan fingerprint density at radius 2 is 1.79 bits per heavy atom. The number of benzene rings is 2. The number of dihydropyridines is 1. The molecule has 0 saturated heterocycles. The summed E-state index contributed by atoms with van der Waals surface area (Å²) >= 11 is 12.5. The molecule has 0 saturated carbocycles. The number of allylic oxidation sites excluding steroid dienone is 3. The molecule has 2 aromatic carbocycles. The van der Waals surface area contributed by atoms with E-state index >= 15 is 0 Å². The number of ether oxygens (including phenoxy) is 2. The Morgan fingerprint density at radius 3 is 2.50 bits per heavy atom. The standard InChI is InChI=1S/C27H27Cl2NO4/c1-3-33-11-12-34-27(32)24-16(2)30-22-14-19(17-7-5-4-6-8-17)15-23(31)26(22)25(24)18-9-10-20(28)21(29)13-18/h4-10,13,19,25,30H,3,11-12,14-15H2,1-2H3/t19-,25+/m0/s1. The first-order valence-corrected chi connectivity index (χ1v) is 12.1. The lowest BCUT2D eigenvalue weighted by molar-refractivity contribution is -0.140. The smallest absolute Gasteiger partial charge is 0.336 e. The Balaban J connectivity index is 1.73. The molecular formula is C27H27Cl2NO4. The van der Waals surface area contributed by atoms with E-state index in [0.717, 1.165) is 16.8 Å². The van der Waals surface area contributed by atoms with E-state index in [9.17, 15) is 9.59 Å². The third kappa shape index (κ3) is 5.07. The molecule has 0 spiro atoms. The molecule has 2 aromatic rings. The second-order valence-corrected chi connectivity index (χ2v) is 9.25. The number of esters is 1. The summed E-state index contributed by atoms with van der Waals surface area (Å²) in [5.74, 6) is -0.993. The van der Waals surface area contributed by atoms with Crippen molar-refractivity contribution in [2.45, 2.75) is 38.5 Å². The highest BCUT2D eigenvalue weighted by atomic mass is 35.5. The van der Waals surface area contributed by atoms with Gasteiger partial charge in [0.05, 0.1) is 22.2 Å². The quantitative estimate of drug-likeness (QED) is 0.377. The third-order valence-electron chi connectivity index (χ3n) is 6.26. The van der Waals surface area contributed by atoms with Crippen LogP contribution in [0.1, 0.15) is 49.7 Å². The zero-order valence-electron chi connectivity index (χ0n) is 19.2. The summed E-state index contributed by atoms with van der Waals surface area (Å²) in [5.41, 5.74) is 4.35. The van der Waals surface area contributed by atoms with Crippen LogP contribution in [-0.4, -0.2) is 31.6 Å².